The molecule has 1 aromatic carbocycles. The number of ether oxygens (including phenoxy) is 1. The van der Waals surface area contributed by atoms with Crippen molar-refractivity contribution in [2.45, 2.75) is 13.0 Å². The highest BCUT2D eigenvalue weighted by Gasteiger charge is 2.23. The van der Waals surface area contributed by atoms with E-state index in [0.29, 0.717) is 36.0 Å². The minimum atomic E-state index is -0.688. The maximum atomic E-state index is 12.3. The second kappa shape index (κ2) is 6.84. The Kier molecular flexibility index (Phi) is 4.61. The fourth-order valence-corrected chi connectivity index (χ4v) is 2.53. The third-order valence-corrected chi connectivity index (χ3v) is 3.95. The standard InChI is InChI=1S/C16H15ClN4O3/c17-11-1-3-12(4-2-11)24-9-14(22)21-6-5-10-7-19-16(15(18)23)20-13(10)8-21/h1-4,7H,5-6,8-9H2,(H2,18,23). The highest BCUT2D eigenvalue weighted by molar-refractivity contribution is 6.30. The molecule has 1 aliphatic heterocycles. The minimum absolute atomic E-state index is 0.0412. The number of carbonyl (C=O) groups is 2. The van der Waals surface area contributed by atoms with Crippen LogP contribution < -0.4 is 10.5 Å². The van der Waals surface area contributed by atoms with Crippen LogP contribution in [-0.2, 0) is 17.8 Å². The lowest BCUT2D eigenvalue weighted by atomic mass is 10.1. The number of hydrogen-bond donors (Lipinski definition) is 1. The van der Waals surface area contributed by atoms with E-state index in [0.717, 1.165) is 5.56 Å². The van der Waals surface area contributed by atoms with Gasteiger partial charge >= 0.3 is 0 Å². The molecule has 0 radical (unpaired) electrons. The van der Waals surface area contributed by atoms with Gasteiger partial charge in [0.1, 0.15) is 5.75 Å². The molecule has 2 amide bonds. The molecule has 0 saturated heterocycles. The number of halogens is 1. The van der Waals surface area contributed by atoms with Gasteiger partial charge < -0.3 is 15.4 Å². The zero-order chi connectivity index (χ0) is 17.1. The number of primary amides is 1. The molecule has 0 spiro atoms. The normalized spacial score (nSPS) is 13.3. The molecule has 0 atom stereocenters. The molecule has 0 unspecified atom stereocenters. The number of fused-ring (bicyclic) bond motifs is 1. The Labute approximate surface area is 143 Å². The van der Waals surface area contributed by atoms with E-state index >= 15 is 0 Å². The van der Waals surface area contributed by atoms with Gasteiger partial charge in [-0.25, -0.2) is 9.97 Å². The van der Waals surface area contributed by atoms with Gasteiger partial charge in [-0.15, -0.1) is 0 Å². The van der Waals surface area contributed by atoms with Crippen LogP contribution >= 0.6 is 11.6 Å². The topological polar surface area (TPSA) is 98.4 Å². The Hall–Kier alpha value is -2.67. The molecule has 2 aromatic rings. The fraction of sp³-hybridized carbons (Fsp3) is 0.250. The van der Waals surface area contributed by atoms with Crippen LogP contribution in [0.4, 0.5) is 0 Å². The average Bonchev–Trinajstić information content (AvgIpc) is 2.60. The van der Waals surface area contributed by atoms with E-state index in [1.54, 1.807) is 35.4 Å². The molecule has 0 saturated carbocycles. The van der Waals surface area contributed by atoms with Crippen molar-refractivity contribution >= 4 is 23.4 Å². The zero-order valence-corrected chi connectivity index (χ0v) is 13.5. The third-order valence-electron chi connectivity index (χ3n) is 3.69. The van der Waals surface area contributed by atoms with Crippen LogP contribution in [0.15, 0.2) is 30.5 Å². The van der Waals surface area contributed by atoms with Crippen molar-refractivity contribution < 1.29 is 14.3 Å². The van der Waals surface area contributed by atoms with Crippen LogP contribution in [0.25, 0.3) is 0 Å². The van der Waals surface area contributed by atoms with Crippen molar-refractivity contribution in [1.29, 1.82) is 0 Å². The quantitative estimate of drug-likeness (QED) is 0.896. The Balaban J connectivity index is 1.63. The summed E-state index contributed by atoms with van der Waals surface area (Å²) in [6.45, 7) is 0.779. The Bertz CT molecular complexity index is 779. The molecular formula is C16H15ClN4O3. The van der Waals surface area contributed by atoms with Crippen LogP contribution in [0.5, 0.6) is 5.75 Å². The Morgan fingerprint density at radius 1 is 1.29 bits per heavy atom. The van der Waals surface area contributed by atoms with Gasteiger partial charge in [0, 0.05) is 17.8 Å². The number of rotatable bonds is 4. The van der Waals surface area contributed by atoms with Gasteiger partial charge in [-0.05, 0) is 36.2 Å². The molecular weight excluding hydrogens is 332 g/mol. The van der Waals surface area contributed by atoms with E-state index < -0.39 is 5.91 Å². The molecule has 0 fully saturated rings. The summed E-state index contributed by atoms with van der Waals surface area (Å²) in [4.78, 5) is 33.2. The summed E-state index contributed by atoms with van der Waals surface area (Å²) in [7, 11) is 0. The summed E-state index contributed by atoms with van der Waals surface area (Å²) in [5.74, 6) is -0.314. The molecule has 2 N–H and O–H groups in total. The van der Waals surface area contributed by atoms with Crippen molar-refractivity contribution in [3.63, 3.8) is 0 Å². The summed E-state index contributed by atoms with van der Waals surface area (Å²) in [5.41, 5.74) is 6.75. The largest absolute Gasteiger partial charge is 0.484 e. The van der Waals surface area contributed by atoms with Crippen molar-refractivity contribution in [2.24, 2.45) is 5.73 Å². The van der Waals surface area contributed by atoms with Crippen LogP contribution in [0.1, 0.15) is 21.9 Å². The Morgan fingerprint density at radius 3 is 2.75 bits per heavy atom. The molecule has 2 heterocycles. The predicted molar refractivity (Wildman–Crippen MR) is 86.6 cm³/mol. The van der Waals surface area contributed by atoms with Crippen molar-refractivity contribution in [3.05, 3.63) is 52.6 Å². The predicted octanol–water partition coefficient (Wildman–Crippen LogP) is 1.19. The number of hydrogen-bond acceptors (Lipinski definition) is 5. The summed E-state index contributed by atoms with van der Waals surface area (Å²) in [6, 6.07) is 6.79. The smallest absolute Gasteiger partial charge is 0.286 e. The van der Waals surface area contributed by atoms with Crippen LogP contribution in [0.2, 0.25) is 5.02 Å². The molecule has 124 valence electrons. The van der Waals surface area contributed by atoms with Crippen LogP contribution in [0.3, 0.4) is 0 Å². The van der Waals surface area contributed by atoms with Gasteiger partial charge in [0.05, 0.1) is 12.2 Å². The Morgan fingerprint density at radius 2 is 2.04 bits per heavy atom. The summed E-state index contributed by atoms with van der Waals surface area (Å²) >= 11 is 5.80. The second-order valence-electron chi connectivity index (χ2n) is 5.34. The molecule has 7 nitrogen and oxygen atoms in total. The van der Waals surface area contributed by atoms with Crippen molar-refractivity contribution in [1.82, 2.24) is 14.9 Å². The second-order valence-corrected chi connectivity index (χ2v) is 5.77. The van der Waals surface area contributed by atoms with Crippen molar-refractivity contribution in [2.75, 3.05) is 13.2 Å². The highest BCUT2D eigenvalue weighted by atomic mass is 35.5. The van der Waals surface area contributed by atoms with Crippen LogP contribution in [0, 0.1) is 0 Å². The van der Waals surface area contributed by atoms with Gasteiger partial charge in [0.15, 0.2) is 6.61 Å². The first-order valence-corrected chi connectivity index (χ1v) is 7.71. The number of carbonyl (C=O) groups excluding carboxylic acids is 2. The first kappa shape index (κ1) is 16.2. The zero-order valence-electron chi connectivity index (χ0n) is 12.7. The number of aromatic nitrogens is 2. The first-order chi connectivity index (χ1) is 11.5. The lowest BCUT2D eigenvalue weighted by molar-refractivity contribution is -0.134. The number of amides is 2. The van der Waals surface area contributed by atoms with E-state index in [9.17, 15) is 9.59 Å². The third kappa shape index (κ3) is 3.62. The van der Waals surface area contributed by atoms with Gasteiger partial charge in [-0.1, -0.05) is 11.6 Å². The average molecular weight is 347 g/mol. The maximum Gasteiger partial charge on any atom is 0.286 e. The number of nitrogens with zero attached hydrogens (tertiary/aromatic N) is 3. The molecule has 1 aliphatic rings. The first-order valence-electron chi connectivity index (χ1n) is 7.33. The number of nitrogens with two attached hydrogens (primary N) is 1. The highest BCUT2D eigenvalue weighted by Crippen LogP contribution is 2.18. The van der Waals surface area contributed by atoms with E-state index in [1.165, 1.54) is 0 Å². The SMILES string of the molecule is NC(=O)c1ncc2c(n1)CN(C(=O)COc1ccc(Cl)cc1)CC2. The van der Waals surface area contributed by atoms with Crippen molar-refractivity contribution in [3.8, 4) is 5.75 Å². The molecule has 1 aromatic heterocycles. The number of benzene rings is 1. The molecule has 0 bridgehead atoms. The summed E-state index contributed by atoms with van der Waals surface area (Å²) in [5, 5.41) is 0.603. The molecule has 0 aliphatic carbocycles. The maximum absolute atomic E-state index is 12.3. The van der Waals surface area contributed by atoms with Gasteiger partial charge in [0.2, 0.25) is 5.82 Å². The van der Waals surface area contributed by atoms with Gasteiger partial charge in [-0.2, -0.15) is 0 Å². The van der Waals surface area contributed by atoms with Gasteiger partial charge in [0.25, 0.3) is 11.8 Å². The van der Waals surface area contributed by atoms with Gasteiger partial charge in [-0.3, -0.25) is 9.59 Å². The lowest BCUT2D eigenvalue weighted by Crippen LogP contribution is -2.39. The van der Waals surface area contributed by atoms with E-state index in [4.69, 9.17) is 22.1 Å². The molecule has 8 heteroatoms. The summed E-state index contributed by atoms with van der Waals surface area (Å²) < 4.78 is 5.47. The van der Waals surface area contributed by atoms with E-state index in [1.807, 2.05) is 0 Å². The lowest BCUT2D eigenvalue weighted by Gasteiger charge is -2.28. The monoisotopic (exact) mass is 346 g/mol. The van der Waals surface area contributed by atoms with E-state index in [-0.39, 0.29) is 18.3 Å². The van der Waals surface area contributed by atoms with Crippen LogP contribution in [-0.4, -0.2) is 39.8 Å². The minimum Gasteiger partial charge on any atom is -0.484 e. The molecule has 3 rings (SSSR count). The molecule has 24 heavy (non-hydrogen) atoms. The van der Waals surface area contributed by atoms with E-state index in [2.05, 4.69) is 9.97 Å². The summed E-state index contributed by atoms with van der Waals surface area (Å²) in [6.07, 6.45) is 2.22. The fourth-order valence-electron chi connectivity index (χ4n) is 2.40.